The van der Waals surface area contributed by atoms with Crippen LogP contribution in [0.4, 0.5) is 0 Å². The van der Waals surface area contributed by atoms with Crippen molar-refractivity contribution in [2.45, 2.75) is 13.1 Å². The predicted octanol–water partition coefficient (Wildman–Crippen LogP) is 0.799. The topological polar surface area (TPSA) is 84.6 Å². The van der Waals surface area contributed by atoms with E-state index in [2.05, 4.69) is 0 Å². The fraction of sp³-hybridized carbons (Fsp3) is 0.300. The maximum Gasteiger partial charge on any atom is 0.338 e. The number of carbonyl (C=O) groups excluding carboxylic acids is 1. The summed E-state index contributed by atoms with van der Waals surface area (Å²) < 4.78 is 4.82. The molecule has 0 spiro atoms. The molecule has 82 valence electrons. The average molecular weight is 210 g/mol. The normalized spacial score (nSPS) is 12.2. The first-order chi connectivity index (χ1) is 7.19. The SMILES string of the molecule is CCOC(=O)c1ccc(C(N)NO)cc1. The highest BCUT2D eigenvalue weighted by atomic mass is 16.5. The summed E-state index contributed by atoms with van der Waals surface area (Å²) in [7, 11) is 0. The molecule has 0 saturated carbocycles. The Bertz CT molecular complexity index is 324. The van der Waals surface area contributed by atoms with E-state index in [4.69, 9.17) is 15.7 Å². The van der Waals surface area contributed by atoms with Crippen molar-refractivity contribution in [3.63, 3.8) is 0 Å². The van der Waals surface area contributed by atoms with Gasteiger partial charge in [0.15, 0.2) is 0 Å². The first-order valence-electron chi connectivity index (χ1n) is 4.61. The van der Waals surface area contributed by atoms with Crippen LogP contribution in [0, 0.1) is 0 Å². The van der Waals surface area contributed by atoms with E-state index in [-0.39, 0.29) is 5.97 Å². The summed E-state index contributed by atoms with van der Waals surface area (Å²) in [5.41, 5.74) is 8.57. The van der Waals surface area contributed by atoms with Crippen LogP contribution in [-0.4, -0.2) is 17.8 Å². The van der Waals surface area contributed by atoms with Crippen molar-refractivity contribution < 1.29 is 14.7 Å². The summed E-state index contributed by atoms with van der Waals surface area (Å²) in [5.74, 6) is -0.366. The number of nitrogens with one attached hydrogen (secondary N) is 1. The molecule has 4 N–H and O–H groups in total. The second-order valence-electron chi connectivity index (χ2n) is 2.95. The fourth-order valence-electron chi connectivity index (χ4n) is 1.12. The van der Waals surface area contributed by atoms with Crippen LogP contribution in [0.3, 0.4) is 0 Å². The molecule has 1 atom stereocenters. The third-order valence-electron chi connectivity index (χ3n) is 1.92. The summed E-state index contributed by atoms with van der Waals surface area (Å²) in [6.45, 7) is 2.09. The second kappa shape index (κ2) is 5.45. The Labute approximate surface area is 87.8 Å². The number of hydrogen-bond acceptors (Lipinski definition) is 5. The summed E-state index contributed by atoms with van der Waals surface area (Å²) in [4.78, 5) is 11.3. The zero-order valence-corrected chi connectivity index (χ0v) is 8.43. The molecule has 5 nitrogen and oxygen atoms in total. The summed E-state index contributed by atoms with van der Waals surface area (Å²) in [6, 6.07) is 6.51. The molecule has 0 aromatic heterocycles. The number of nitrogens with two attached hydrogens (primary N) is 1. The van der Waals surface area contributed by atoms with Gasteiger partial charge in [-0.05, 0) is 24.6 Å². The van der Waals surface area contributed by atoms with E-state index in [0.29, 0.717) is 17.7 Å². The van der Waals surface area contributed by atoms with Gasteiger partial charge in [0.2, 0.25) is 0 Å². The molecule has 0 fully saturated rings. The molecule has 1 unspecified atom stereocenters. The minimum atomic E-state index is -0.652. The average Bonchev–Trinajstić information content (AvgIpc) is 2.28. The molecule has 0 aliphatic carbocycles. The molecular formula is C10H14N2O3. The zero-order chi connectivity index (χ0) is 11.3. The Morgan fingerprint density at radius 1 is 1.53 bits per heavy atom. The highest BCUT2D eigenvalue weighted by Gasteiger charge is 2.08. The molecule has 0 amide bonds. The van der Waals surface area contributed by atoms with Gasteiger partial charge in [-0.25, -0.2) is 4.79 Å². The van der Waals surface area contributed by atoms with Crippen molar-refractivity contribution in [2.75, 3.05) is 6.61 Å². The van der Waals surface area contributed by atoms with E-state index in [9.17, 15) is 4.79 Å². The van der Waals surface area contributed by atoms with E-state index >= 15 is 0 Å². The molecule has 1 aromatic carbocycles. The number of ether oxygens (including phenoxy) is 1. The molecule has 0 aliphatic heterocycles. The number of hydroxylamine groups is 1. The van der Waals surface area contributed by atoms with E-state index in [1.807, 2.05) is 5.48 Å². The van der Waals surface area contributed by atoms with Crippen LogP contribution in [-0.2, 0) is 4.74 Å². The Kier molecular flexibility index (Phi) is 4.23. The van der Waals surface area contributed by atoms with Crippen LogP contribution in [0.15, 0.2) is 24.3 Å². The third-order valence-corrected chi connectivity index (χ3v) is 1.92. The Morgan fingerprint density at radius 2 is 2.13 bits per heavy atom. The lowest BCUT2D eigenvalue weighted by atomic mass is 10.1. The number of rotatable bonds is 4. The van der Waals surface area contributed by atoms with E-state index in [1.165, 1.54) is 0 Å². The highest BCUT2D eigenvalue weighted by molar-refractivity contribution is 5.89. The van der Waals surface area contributed by atoms with Crippen LogP contribution in [0.5, 0.6) is 0 Å². The molecule has 1 aromatic rings. The quantitative estimate of drug-likeness (QED) is 0.389. The van der Waals surface area contributed by atoms with Gasteiger partial charge < -0.3 is 15.7 Å². The van der Waals surface area contributed by atoms with E-state index in [0.717, 1.165) is 0 Å². The summed E-state index contributed by atoms with van der Waals surface area (Å²) in [5, 5.41) is 8.58. The molecule has 0 radical (unpaired) electrons. The van der Waals surface area contributed by atoms with Gasteiger partial charge >= 0.3 is 5.97 Å². The van der Waals surface area contributed by atoms with E-state index < -0.39 is 6.17 Å². The lowest BCUT2D eigenvalue weighted by Gasteiger charge is -2.09. The molecule has 0 saturated heterocycles. The van der Waals surface area contributed by atoms with E-state index in [1.54, 1.807) is 31.2 Å². The smallest absolute Gasteiger partial charge is 0.338 e. The fourth-order valence-corrected chi connectivity index (χ4v) is 1.12. The van der Waals surface area contributed by atoms with Gasteiger partial charge in [0.05, 0.1) is 12.2 Å². The maximum absolute atomic E-state index is 11.3. The van der Waals surface area contributed by atoms with Crippen LogP contribution in [0.1, 0.15) is 29.0 Å². The Hall–Kier alpha value is -1.43. The van der Waals surface area contributed by atoms with Crippen molar-refractivity contribution in [1.82, 2.24) is 5.48 Å². The summed E-state index contributed by atoms with van der Waals surface area (Å²) in [6.07, 6.45) is -0.652. The van der Waals surface area contributed by atoms with Crippen molar-refractivity contribution in [3.05, 3.63) is 35.4 Å². The van der Waals surface area contributed by atoms with Crippen molar-refractivity contribution in [2.24, 2.45) is 5.73 Å². The lowest BCUT2D eigenvalue weighted by molar-refractivity contribution is 0.0526. The highest BCUT2D eigenvalue weighted by Crippen LogP contribution is 2.10. The first-order valence-corrected chi connectivity index (χ1v) is 4.61. The first kappa shape index (κ1) is 11.6. The molecule has 0 heterocycles. The van der Waals surface area contributed by atoms with Gasteiger partial charge in [0.1, 0.15) is 6.17 Å². The van der Waals surface area contributed by atoms with Gasteiger partial charge in [-0.2, -0.15) is 5.48 Å². The largest absolute Gasteiger partial charge is 0.462 e. The lowest BCUT2D eigenvalue weighted by Crippen LogP contribution is -2.25. The molecule has 5 heteroatoms. The molecular weight excluding hydrogens is 196 g/mol. The van der Waals surface area contributed by atoms with Gasteiger partial charge in [-0.15, -0.1) is 0 Å². The van der Waals surface area contributed by atoms with Gasteiger partial charge in [-0.1, -0.05) is 12.1 Å². The van der Waals surface area contributed by atoms with Crippen LogP contribution in [0.25, 0.3) is 0 Å². The maximum atomic E-state index is 11.3. The summed E-state index contributed by atoms with van der Waals surface area (Å²) >= 11 is 0. The monoisotopic (exact) mass is 210 g/mol. The van der Waals surface area contributed by atoms with Crippen molar-refractivity contribution in [3.8, 4) is 0 Å². The van der Waals surface area contributed by atoms with Gasteiger partial charge in [0.25, 0.3) is 0 Å². The number of hydrogen-bond donors (Lipinski definition) is 3. The molecule has 15 heavy (non-hydrogen) atoms. The number of benzene rings is 1. The third kappa shape index (κ3) is 3.02. The molecule has 0 bridgehead atoms. The molecule has 0 aliphatic rings. The second-order valence-corrected chi connectivity index (χ2v) is 2.95. The predicted molar refractivity (Wildman–Crippen MR) is 54.2 cm³/mol. The van der Waals surface area contributed by atoms with Crippen molar-refractivity contribution >= 4 is 5.97 Å². The van der Waals surface area contributed by atoms with Gasteiger partial charge in [0, 0.05) is 0 Å². The minimum Gasteiger partial charge on any atom is -0.462 e. The molecule has 1 rings (SSSR count). The number of esters is 1. The Balaban J connectivity index is 2.76. The van der Waals surface area contributed by atoms with Crippen molar-refractivity contribution in [1.29, 1.82) is 0 Å². The zero-order valence-electron chi connectivity index (χ0n) is 8.43. The Morgan fingerprint density at radius 3 is 2.60 bits per heavy atom. The standard InChI is InChI=1S/C10H14N2O3/c1-2-15-10(13)8-5-3-7(4-6-8)9(11)12-14/h3-6,9,12,14H,2,11H2,1H3. The van der Waals surface area contributed by atoms with Crippen LogP contribution < -0.4 is 11.2 Å². The van der Waals surface area contributed by atoms with Gasteiger partial charge in [-0.3, -0.25) is 0 Å². The van der Waals surface area contributed by atoms with Crippen LogP contribution >= 0.6 is 0 Å². The minimum absolute atomic E-state index is 0.346. The van der Waals surface area contributed by atoms with Crippen LogP contribution in [0.2, 0.25) is 0 Å². The number of carbonyl (C=O) groups is 1.